The molecule has 0 amide bonds. The van der Waals surface area contributed by atoms with Gasteiger partial charge in [0, 0.05) is 6.92 Å². The number of hydrogen-bond donors (Lipinski definition) is 0. The molecule has 0 saturated carbocycles. The van der Waals surface area contributed by atoms with Gasteiger partial charge in [0.25, 0.3) is 0 Å². The molecule has 0 spiro atoms. The van der Waals surface area contributed by atoms with Gasteiger partial charge in [0.2, 0.25) is 9.79 Å². The van der Waals surface area contributed by atoms with Crippen molar-refractivity contribution in [3.8, 4) is 11.5 Å². The molecule has 0 bridgehead atoms. The van der Waals surface area contributed by atoms with E-state index in [0.717, 1.165) is 11.5 Å². The van der Waals surface area contributed by atoms with Crippen LogP contribution in [0.25, 0.3) is 0 Å². The first-order valence-electron chi connectivity index (χ1n) is 7.06. The third-order valence-corrected chi connectivity index (χ3v) is 5.52. The molecule has 25 heavy (non-hydrogen) atoms. The second-order valence-corrected chi connectivity index (χ2v) is 9.21. The molecule has 0 fully saturated rings. The van der Waals surface area contributed by atoms with Crippen LogP contribution in [-0.4, -0.2) is 0 Å². The van der Waals surface area contributed by atoms with Crippen LogP contribution in [0.5, 0.6) is 11.5 Å². The van der Waals surface area contributed by atoms with E-state index >= 15 is 0 Å². The number of allylic oxidation sites excluding steroid dienone is 2. The first-order chi connectivity index (χ1) is 11.3. The van der Waals surface area contributed by atoms with Crippen LogP contribution in [0, 0.1) is 0 Å². The van der Waals surface area contributed by atoms with Crippen molar-refractivity contribution in [1.29, 1.82) is 0 Å². The van der Waals surface area contributed by atoms with Gasteiger partial charge >= 0.3 is 33.0 Å². The Hall–Kier alpha value is -1.66. The molecule has 1 nitrogen and oxygen atoms in total. The van der Waals surface area contributed by atoms with Crippen molar-refractivity contribution in [3.05, 3.63) is 59.5 Å². The van der Waals surface area contributed by atoms with Gasteiger partial charge in [-0.15, -0.1) is 0 Å². The van der Waals surface area contributed by atoms with Gasteiger partial charge in [0.15, 0.2) is 11.5 Å². The van der Waals surface area contributed by atoms with Crippen LogP contribution >= 0.6 is 7.81 Å². The van der Waals surface area contributed by atoms with Crippen LogP contribution in [0.15, 0.2) is 69.3 Å². The van der Waals surface area contributed by atoms with Gasteiger partial charge in [-0.1, -0.05) is 24.3 Å². The predicted octanol–water partition coefficient (Wildman–Crippen LogP) is 8.13. The van der Waals surface area contributed by atoms with E-state index in [1.807, 2.05) is 24.3 Å². The Bertz CT molecular complexity index is 760. The average Bonchev–Trinajstić information content (AvgIpc) is 2.48. The molecule has 0 saturated heterocycles. The summed E-state index contributed by atoms with van der Waals surface area (Å²) in [5.41, 5.74) is 0. The summed E-state index contributed by atoms with van der Waals surface area (Å²) in [5, 5.41) is 0. The van der Waals surface area contributed by atoms with Crippen molar-refractivity contribution in [2.24, 2.45) is 0 Å². The normalized spacial score (nSPS) is 17.0. The van der Waals surface area contributed by atoms with Gasteiger partial charge < -0.3 is 4.74 Å². The van der Waals surface area contributed by atoms with Gasteiger partial charge in [-0.3, -0.25) is 0 Å². The van der Waals surface area contributed by atoms with Crippen LogP contribution in [0.3, 0.4) is 0 Å². The van der Waals surface area contributed by atoms with E-state index in [0.29, 0.717) is 0 Å². The fourth-order valence-electron chi connectivity index (χ4n) is 2.11. The van der Waals surface area contributed by atoms with E-state index in [9.17, 15) is 25.2 Å². The van der Waals surface area contributed by atoms with Gasteiger partial charge in [0.05, 0.1) is 0 Å². The molecule has 0 aromatic heterocycles. The fourth-order valence-corrected chi connectivity index (χ4v) is 4.33. The second-order valence-electron chi connectivity index (χ2n) is 5.16. The number of rotatable bonds is 1. The minimum atomic E-state index is -10.7. The topological polar surface area (TPSA) is 9.23 Å². The van der Waals surface area contributed by atoms with Crippen molar-refractivity contribution < 1.29 is 29.9 Å². The van der Waals surface area contributed by atoms with Gasteiger partial charge in [-0.05, 0) is 37.3 Å². The summed E-state index contributed by atoms with van der Waals surface area (Å²) in [7, 11) is -10.7. The fraction of sp³-hybridized carbons (Fsp3) is 0.125. The van der Waals surface area contributed by atoms with Crippen molar-refractivity contribution in [2.45, 2.75) is 23.6 Å². The van der Waals surface area contributed by atoms with E-state index in [-0.39, 0.29) is 10.9 Å². The maximum atomic E-state index is 9.87. The molecule has 0 radical (unpaired) electrons. The van der Waals surface area contributed by atoms with Crippen LogP contribution in [-0.2, 0) is 10.9 Å². The molecule has 0 N–H and O–H groups in total. The molecule has 9 heteroatoms. The molecule has 1 aliphatic rings. The first kappa shape index (κ1) is 19.7. The van der Waals surface area contributed by atoms with Crippen molar-refractivity contribution >= 4 is 18.7 Å². The molecule has 138 valence electrons. The number of ether oxygens (including phenoxy) is 1. The van der Waals surface area contributed by atoms with Crippen LogP contribution < -0.4 is 4.74 Å². The standard InChI is InChI=1S/C16H15OS.F6P/c1-3-12(2)18-15-10-6-4-8-13(15)17-14-9-5-7-11-16(14)18;1-7(2,3,4,5)6/h3-11H,1-2H3;/q+1;-1/b12-3-;. The Morgan fingerprint density at radius 1 is 0.840 bits per heavy atom. The summed E-state index contributed by atoms with van der Waals surface area (Å²) in [6.07, 6.45) is 2.20. The summed E-state index contributed by atoms with van der Waals surface area (Å²) in [6, 6.07) is 16.7. The van der Waals surface area contributed by atoms with Crippen molar-refractivity contribution in [1.82, 2.24) is 0 Å². The SMILES string of the molecule is C/C=C(/C)[S+]1c2ccccc2Oc2ccccc21.F[P-](F)(F)(F)(F)F. The summed E-state index contributed by atoms with van der Waals surface area (Å²) >= 11 is 0. The Balaban J connectivity index is 0.000000277. The van der Waals surface area contributed by atoms with E-state index in [4.69, 9.17) is 4.74 Å². The molecule has 0 atom stereocenters. The Morgan fingerprint density at radius 2 is 1.20 bits per heavy atom. The van der Waals surface area contributed by atoms with Gasteiger partial charge in [-0.25, -0.2) is 0 Å². The number of fused-ring (bicyclic) bond motifs is 2. The Kier molecular flexibility index (Phi) is 4.68. The van der Waals surface area contributed by atoms with Crippen molar-refractivity contribution in [2.75, 3.05) is 0 Å². The predicted molar refractivity (Wildman–Crippen MR) is 89.9 cm³/mol. The van der Waals surface area contributed by atoms with Gasteiger partial charge in [0.1, 0.15) is 15.8 Å². The van der Waals surface area contributed by atoms with Crippen LogP contribution in [0.1, 0.15) is 13.8 Å². The minimum absolute atomic E-state index is 0.00319. The monoisotopic (exact) mass is 400 g/mol. The zero-order valence-corrected chi connectivity index (χ0v) is 14.9. The van der Waals surface area contributed by atoms with E-state index in [2.05, 4.69) is 44.2 Å². The zero-order chi connectivity index (χ0) is 18.9. The molecule has 1 heterocycles. The molecule has 0 unspecified atom stereocenters. The Labute approximate surface area is 143 Å². The molecular formula is C16H15F6OPS. The second kappa shape index (κ2) is 5.95. The molecule has 3 rings (SSSR count). The molecule has 1 aliphatic heterocycles. The van der Waals surface area contributed by atoms with E-state index in [1.54, 1.807) is 0 Å². The quantitative estimate of drug-likeness (QED) is 0.267. The Morgan fingerprint density at radius 3 is 1.56 bits per heavy atom. The number of benzene rings is 2. The van der Waals surface area contributed by atoms with E-state index in [1.165, 1.54) is 14.7 Å². The van der Waals surface area contributed by atoms with Crippen LogP contribution in [0.2, 0.25) is 0 Å². The summed E-state index contributed by atoms with van der Waals surface area (Å²) in [6.45, 7) is 4.30. The number of para-hydroxylation sites is 2. The third kappa shape index (κ3) is 6.29. The average molecular weight is 400 g/mol. The molecule has 2 aromatic carbocycles. The summed E-state index contributed by atoms with van der Waals surface area (Å²) in [4.78, 5) is 3.96. The zero-order valence-electron chi connectivity index (χ0n) is 13.2. The molecule has 0 aliphatic carbocycles. The third-order valence-electron chi connectivity index (χ3n) is 3.09. The van der Waals surface area contributed by atoms with Crippen molar-refractivity contribution in [3.63, 3.8) is 0 Å². The maximum absolute atomic E-state index is 10.7. The summed E-state index contributed by atoms with van der Waals surface area (Å²) < 4.78 is 65.2. The van der Waals surface area contributed by atoms with Gasteiger partial charge in [-0.2, -0.15) is 0 Å². The number of hydrogen-bond acceptors (Lipinski definition) is 1. The first-order valence-corrected chi connectivity index (χ1v) is 10.3. The summed E-state index contributed by atoms with van der Waals surface area (Å²) in [5.74, 6) is 1.97. The van der Waals surface area contributed by atoms with Crippen LogP contribution in [0.4, 0.5) is 25.2 Å². The molecular weight excluding hydrogens is 385 g/mol. The number of halogens is 6. The van der Waals surface area contributed by atoms with E-state index < -0.39 is 7.81 Å². The molecule has 2 aromatic rings.